The van der Waals surface area contributed by atoms with Gasteiger partial charge in [-0.15, -0.1) is 10.2 Å². The van der Waals surface area contributed by atoms with Gasteiger partial charge in [0.2, 0.25) is 16.2 Å². The highest BCUT2D eigenvalue weighted by Gasteiger charge is 2.06. The van der Waals surface area contributed by atoms with Crippen molar-refractivity contribution in [2.24, 2.45) is 0 Å². The van der Waals surface area contributed by atoms with Crippen LogP contribution in [0.2, 0.25) is 0 Å². The number of anilines is 2. The molecule has 2 rings (SSSR count). The molecule has 1 amide bonds. The zero-order valence-corrected chi connectivity index (χ0v) is 11.2. The molecule has 0 unspecified atom stereocenters. The molecule has 0 radical (unpaired) electrons. The van der Waals surface area contributed by atoms with Crippen molar-refractivity contribution in [3.05, 3.63) is 29.8 Å². The Labute approximate surface area is 114 Å². The number of hydrogen-bond acceptors (Lipinski definition) is 6. The number of rotatable bonds is 5. The van der Waals surface area contributed by atoms with Crippen molar-refractivity contribution in [1.82, 2.24) is 10.2 Å². The summed E-state index contributed by atoms with van der Waals surface area (Å²) in [4.78, 5) is 11.6. The predicted molar refractivity (Wildman–Crippen MR) is 74.2 cm³/mol. The number of hydrogen-bond donors (Lipinski definition) is 2. The lowest BCUT2D eigenvalue weighted by molar-refractivity contribution is -0.116. The van der Waals surface area contributed by atoms with Crippen LogP contribution >= 0.6 is 11.3 Å². The fourth-order valence-corrected chi connectivity index (χ4v) is 1.96. The minimum atomic E-state index is -0.177. The summed E-state index contributed by atoms with van der Waals surface area (Å²) in [6, 6.07) is 7.67. The van der Waals surface area contributed by atoms with Crippen LogP contribution in [0.5, 0.6) is 5.75 Å². The molecule has 7 heteroatoms. The molecule has 100 valence electrons. The van der Waals surface area contributed by atoms with Crippen molar-refractivity contribution >= 4 is 27.5 Å². The van der Waals surface area contributed by atoms with Crippen molar-refractivity contribution in [2.75, 3.05) is 17.7 Å². The second kappa shape index (κ2) is 6.14. The third-order valence-electron chi connectivity index (χ3n) is 2.27. The molecule has 0 fully saturated rings. The first kappa shape index (κ1) is 13.3. The molecule has 6 nitrogen and oxygen atoms in total. The first-order chi connectivity index (χ1) is 9.13. The van der Waals surface area contributed by atoms with Gasteiger partial charge in [-0.05, 0) is 24.6 Å². The van der Waals surface area contributed by atoms with Crippen molar-refractivity contribution in [3.8, 4) is 5.75 Å². The number of nitrogens with two attached hydrogens (primary N) is 1. The van der Waals surface area contributed by atoms with Crippen LogP contribution in [-0.4, -0.2) is 22.7 Å². The van der Waals surface area contributed by atoms with E-state index in [2.05, 4.69) is 15.5 Å². The van der Waals surface area contributed by atoms with Crippen molar-refractivity contribution < 1.29 is 9.53 Å². The number of amides is 1. The van der Waals surface area contributed by atoms with E-state index in [-0.39, 0.29) is 12.3 Å². The first-order valence-electron chi connectivity index (χ1n) is 5.72. The Morgan fingerprint density at radius 1 is 1.47 bits per heavy atom. The van der Waals surface area contributed by atoms with Crippen molar-refractivity contribution in [2.45, 2.75) is 13.3 Å². The van der Waals surface area contributed by atoms with E-state index in [4.69, 9.17) is 10.5 Å². The van der Waals surface area contributed by atoms with Gasteiger partial charge in [0.1, 0.15) is 5.75 Å². The van der Waals surface area contributed by atoms with E-state index in [0.717, 1.165) is 22.6 Å². The average Bonchev–Trinajstić information content (AvgIpc) is 2.75. The van der Waals surface area contributed by atoms with E-state index >= 15 is 0 Å². The molecular weight excluding hydrogens is 264 g/mol. The van der Waals surface area contributed by atoms with Crippen LogP contribution in [-0.2, 0) is 4.79 Å². The van der Waals surface area contributed by atoms with Crippen molar-refractivity contribution in [3.63, 3.8) is 0 Å². The molecule has 1 aromatic heterocycles. The van der Waals surface area contributed by atoms with Crippen molar-refractivity contribution in [1.29, 1.82) is 0 Å². The minimum Gasteiger partial charge on any atom is -0.493 e. The van der Waals surface area contributed by atoms with E-state index in [0.29, 0.717) is 16.9 Å². The fraction of sp³-hybridized carbons (Fsp3) is 0.250. The van der Waals surface area contributed by atoms with Crippen LogP contribution in [0.25, 0.3) is 0 Å². The normalized spacial score (nSPS) is 10.2. The standard InChI is InChI=1S/C12H14N4O2S/c1-8-3-2-4-9(7-8)18-6-5-10(17)14-12-16-15-11(13)19-12/h2-4,7H,5-6H2,1H3,(H2,13,15)(H,14,16,17). The highest BCUT2D eigenvalue weighted by molar-refractivity contribution is 7.18. The number of nitrogens with zero attached hydrogens (tertiary/aromatic N) is 2. The smallest absolute Gasteiger partial charge is 0.229 e. The summed E-state index contributed by atoms with van der Waals surface area (Å²) < 4.78 is 5.48. The summed E-state index contributed by atoms with van der Waals surface area (Å²) in [6.07, 6.45) is 0.243. The zero-order chi connectivity index (χ0) is 13.7. The summed E-state index contributed by atoms with van der Waals surface area (Å²) >= 11 is 1.13. The molecule has 1 aromatic carbocycles. The number of nitrogen functional groups attached to an aromatic ring is 1. The Kier molecular flexibility index (Phi) is 4.30. The summed E-state index contributed by atoms with van der Waals surface area (Å²) in [6.45, 7) is 2.29. The number of aryl methyl sites for hydroxylation is 1. The second-order valence-electron chi connectivity index (χ2n) is 3.91. The molecule has 0 saturated heterocycles. The van der Waals surface area contributed by atoms with E-state index in [1.54, 1.807) is 0 Å². The van der Waals surface area contributed by atoms with Gasteiger partial charge in [0.05, 0.1) is 13.0 Å². The van der Waals surface area contributed by atoms with Gasteiger partial charge in [0.15, 0.2) is 0 Å². The highest BCUT2D eigenvalue weighted by Crippen LogP contribution is 2.16. The largest absolute Gasteiger partial charge is 0.493 e. The van der Waals surface area contributed by atoms with Crippen LogP contribution in [0.4, 0.5) is 10.3 Å². The van der Waals surface area contributed by atoms with Crippen LogP contribution in [0, 0.1) is 6.92 Å². The van der Waals surface area contributed by atoms with E-state index in [1.165, 1.54) is 0 Å². The molecule has 3 N–H and O–H groups in total. The topological polar surface area (TPSA) is 90.1 Å². The molecule has 0 atom stereocenters. The van der Waals surface area contributed by atoms with Gasteiger partial charge in [-0.2, -0.15) is 0 Å². The highest BCUT2D eigenvalue weighted by atomic mass is 32.1. The van der Waals surface area contributed by atoms with Crippen LogP contribution in [0.1, 0.15) is 12.0 Å². The minimum absolute atomic E-state index is 0.177. The Bertz CT molecular complexity index is 570. The van der Waals surface area contributed by atoms with Gasteiger partial charge < -0.3 is 15.8 Å². The van der Waals surface area contributed by atoms with Crippen LogP contribution < -0.4 is 15.8 Å². The second-order valence-corrected chi connectivity index (χ2v) is 4.92. The molecule has 0 aliphatic rings. The van der Waals surface area contributed by atoms with Gasteiger partial charge in [-0.3, -0.25) is 4.79 Å². The summed E-state index contributed by atoms with van der Waals surface area (Å²) in [7, 11) is 0. The number of carbonyl (C=O) groups is 1. The number of benzene rings is 1. The molecule has 0 aliphatic heterocycles. The van der Waals surface area contributed by atoms with Crippen LogP contribution in [0.3, 0.4) is 0 Å². The summed E-state index contributed by atoms with van der Waals surface area (Å²) in [5, 5.41) is 10.6. The Balaban J connectivity index is 1.75. The van der Waals surface area contributed by atoms with E-state index in [1.807, 2.05) is 31.2 Å². The van der Waals surface area contributed by atoms with Gasteiger partial charge in [-0.25, -0.2) is 0 Å². The lowest BCUT2D eigenvalue weighted by atomic mass is 10.2. The predicted octanol–water partition coefficient (Wildman–Crippen LogP) is 1.84. The van der Waals surface area contributed by atoms with Gasteiger partial charge >= 0.3 is 0 Å². The number of carbonyl (C=O) groups excluding carboxylic acids is 1. The Morgan fingerprint density at radius 3 is 3.00 bits per heavy atom. The monoisotopic (exact) mass is 278 g/mol. The van der Waals surface area contributed by atoms with E-state index < -0.39 is 0 Å². The van der Waals surface area contributed by atoms with E-state index in [9.17, 15) is 4.79 Å². The lowest BCUT2D eigenvalue weighted by Gasteiger charge is -2.06. The molecule has 2 aromatic rings. The molecule has 0 spiro atoms. The Hall–Kier alpha value is -2.15. The molecule has 0 aliphatic carbocycles. The summed E-state index contributed by atoms with van der Waals surface area (Å²) in [5.74, 6) is 0.580. The zero-order valence-electron chi connectivity index (χ0n) is 10.4. The third kappa shape index (κ3) is 4.22. The Morgan fingerprint density at radius 2 is 2.32 bits per heavy atom. The SMILES string of the molecule is Cc1cccc(OCCC(=O)Nc2nnc(N)s2)c1. The number of nitrogens with one attached hydrogen (secondary N) is 1. The molecule has 19 heavy (non-hydrogen) atoms. The molecular formula is C12H14N4O2S. The number of ether oxygens (including phenoxy) is 1. The lowest BCUT2D eigenvalue weighted by Crippen LogP contribution is -2.15. The first-order valence-corrected chi connectivity index (χ1v) is 6.53. The molecule has 0 saturated carbocycles. The van der Waals surface area contributed by atoms with Gasteiger partial charge in [0, 0.05) is 0 Å². The van der Waals surface area contributed by atoms with Crippen LogP contribution in [0.15, 0.2) is 24.3 Å². The van der Waals surface area contributed by atoms with Gasteiger partial charge in [0.25, 0.3) is 0 Å². The maximum absolute atomic E-state index is 11.6. The number of aromatic nitrogens is 2. The third-order valence-corrected chi connectivity index (χ3v) is 2.94. The maximum atomic E-state index is 11.6. The molecule has 0 bridgehead atoms. The summed E-state index contributed by atoms with van der Waals surface area (Å²) in [5.41, 5.74) is 6.53. The molecule has 1 heterocycles. The fourth-order valence-electron chi connectivity index (χ4n) is 1.43. The van der Waals surface area contributed by atoms with Gasteiger partial charge in [-0.1, -0.05) is 23.5 Å². The average molecular weight is 278 g/mol. The maximum Gasteiger partial charge on any atom is 0.229 e. The quantitative estimate of drug-likeness (QED) is 0.871.